The average Bonchev–Trinajstić information content (AvgIpc) is 3.15. The Balaban J connectivity index is 1.52. The van der Waals surface area contributed by atoms with E-state index in [0.717, 1.165) is 17.7 Å². The van der Waals surface area contributed by atoms with Gasteiger partial charge in [-0.25, -0.2) is 17.8 Å². The molecule has 27 heavy (non-hydrogen) atoms. The molecule has 0 bridgehead atoms. The third-order valence-electron chi connectivity index (χ3n) is 3.48. The number of hydrogen-bond donors (Lipinski definition) is 1. The number of sulfonamides is 1. The molecule has 0 spiro atoms. The molecule has 0 unspecified atom stereocenters. The SMILES string of the molecule is O=C(CNS(=O)(=O)c1cccc(F)c1)OCc1ncc(-c2ccccc2)o1. The molecule has 7 nitrogen and oxygen atoms in total. The van der Waals surface area contributed by atoms with Crippen LogP contribution >= 0.6 is 0 Å². The molecule has 140 valence electrons. The van der Waals surface area contributed by atoms with E-state index in [1.807, 2.05) is 35.1 Å². The van der Waals surface area contributed by atoms with Crippen LogP contribution in [0.3, 0.4) is 0 Å². The van der Waals surface area contributed by atoms with Crippen molar-refractivity contribution in [1.82, 2.24) is 9.71 Å². The third kappa shape index (κ3) is 4.99. The van der Waals surface area contributed by atoms with Gasteiger partial charge in [0.1, 0.15) is 12.4 Å². The van der Waals surface area contributed by atoms with E-state index >= 15 is 0 Å². The van der Waals surface area contributed by atoms with Crippen LogP contribution in [-0.2, 0) is 26.2 Å². The Kier molecular flexibility index (Phi) is 5.63. The molecule has 0 saturated carbocycles. The van der Waals surface area contributed by atoms with Crippen molar-refractivity contribution in [2.75, 3.05) is 6.54 Å². The monoisotopic (exact) mass is 390 g/mol. The van der Waals surface area contributed by atoms with Crippen molar-refractivity contribution in [2.24, 2.45) is 0 Å². The number of carbonyl (C=O) groups is 1. The Bertz CT molecular complexity index is 1030. The number of carbonyl (C=O) groups excluding carboxylic acids is 1. The molecule has 0 fully saturated rings. The summed E-state index contributed by atoms with van der Waals surface area (Å²) in [6, 6.07) is 13.7. The van der Waals surface area contributed by atoms with Crippen molar-refractivity contribution in [1.29, 1.82) is 0 Å². The maximum Gasteiger partial charge on any atom is 0.321 e. The minimum atomic E-state index is -4.02. The van der Waals surface area contributed by atoms with Gasteiger partial charge in [-0.15, -0.1) is 0 Å². The van der Waals surface area contributed by atoms with Crippen LogP contribution in [0.4, 0.5) is 4.39 Å². The van der Waals surface area contributed by atoms with E-state index in [4.69, 9.17) is 9.15 Å². The molecule has 0 saturated heterocycles. The summed E-state index contributed by atoms with van der Waals surface area (Å²) in [5, 5.41) is 0. The number of oxazole rings is 1. The number of aromatic nitrogens is 1. The zero-order valence-corrected chi connectivity index (χ0v) is 14.8. The highest BCUT2D eigenvalue weighted by Crippen LogP contribution is 2.20. The highest BCUT2D eigenvalue weighted by atomic mass is 32.2. The maximum absolute atomic E-state index is 13.1. The first-order chi connectivity index (χ1) is 12.9. The summed E-state index contributed by atoms with van der Waals surface area (Å²) in [5.74, 6) is -0.823. The Hall–Kier alpha value is -3.04. The van der Waals surface area contributed by atoms with Crippen LogP contribution < -0.4 is 4.72 Å². The number of hydrogen-bond acceptors (Lipinski definition) is 6. The van der Waals surface area contributed by atoms with E-state index in [2.05, 4.69) is 4.98 Å². The minimum absolute atomic E-state index is 0.176. The topological polar surface area (TPSA) is 98.5 Å². The second-order valence-electron chi connectivity index (χ2n) is 5.43. The molecular weight excluding hydrogens is 375 g/mol. The van der Waals surface area contributed by atoms with Gasteiger partial charge in [0.05, 0.1) is 11.1 Å². The predicted molar refractivity (Wildman–Crippen MR) is 93.3 cm³/mol. The summed E-state index contributed by atoms with van der Waals surface area (Å²) in [4.78, 5) is 15.5. The molecule has 1 aromatic heterocycles. The molecule has 2 aromatic carbocycles. The zero-order chi connectivity index (χ0) is 19.3. The van der Waals surface area contributed by atoms with Gasteiger partial charge in [0.25, 0.3) is 0 Å². The first-order valence-corrected chi connectivity index (χ1v) is 9.33. The largest absolute Gasteiger partial charge is 0.455 e. The van der Waals surface area contributed by atoms with Crippen LogP contribution in [-0.4, -0.2) is 25.9 Å². The molecule has 3 aromatic rings. The van der Waals surface area contributed by atoms with E-state index in [1.54, 1.807) is 0 Å². The van der Waals surface area contributed by atoms with Crippen molar-refractivity contribution >= 4 is 16.0 Å². The molecule has 0 atom stereocenters. The van der Waals surface area contributed by atoms with Crippen LogP contribution in [0.15, 0.2) is 70.1 Å². The fourth-order valence-corrected chi connectivity index (χ4v) is 3.18. The number of benzene rings is 2. The number of ether oxygens (including phenoxy) is 1. The van der Waals surface area contributed by atoms with Crippen LogP contribution in [0.5, 0.6) is 0 Å². The maximum atomic E-state index is 13.1. The lowest BCUT2D eigenvalue weighted by Crippen LogP contribution is -2.30. The van der Waals surface area contributed by atoms with Gasteiger partial charge in [0.2, 0.25) is 15.9 Å². The average molecular weight is 390 g/mol. The summed E-state index contributed by atoms with van der Waals surface area (Å²) in [5.41, 5.74) is 0.824. The molecule has 0 aliphatic heterocycles. The molecule has 0 aliphatic carbocycles. The van der Waals surface area contributed by atoms with Gasteiger partial charge in [0.15, 0.2) is 12.4 Å². The van der Waals surface area contributed by atoms with E-state index in [9.17, 15) is 17.6 Å². The summed E-state index contributed by atoms with van der Waals surface area (Å²) in [7, 11) is -4.02. The minimum Gasteiger partial charge on any atom is -0.455 e. The summed E-state index contributed by atoms with van der Waals surface area (Å²) in [6.45, 7) is -0.849. The first-order valence-electron chi connectivity index (χ1n) is 7.85. The van der Waals surface area contributed by atoms with Crippen LogP contribution in [0, 0.1) is 5.82 Å². The molecule has 0 radical (unpaired) electrons. The van der Waals surface area contributed by atoms with Crippen molar-refractivity contribution in [3.05, 3.63) is 72.5 Å². The van der Waals surface area contributed by atoms with Gasteiger partial charge < -0.3 is 9.15 Å². The number of halogens is 1. The first kappa shape index (κ1) is 18.7. The quantitative estimate of drug-likeness (QED) is 0.623. The van der Waals surface area contributed by atoms with E-state index in [0.29, 0.717) is 5.76 Å². The Morgan fingerprint density at radius 3 is 2.67 bits per heavy atom. The summed E-state index contributed by atoms with van der Waals surface area (Å²) >= 11 is 0. The lowest BCUT2D eigenvalue weighted by Gasteiger charge is -2.06. The van der Waals surface area contributed by atoms with Crippen LogP contribution in [0.25, 0.3) is 11.3 Å². The highest BCUT2D eigenvalue weighted by molar-refractivity contribution is 7.89. The smallest absolute Gasteiger partial charge is 0.321 e. The molecule has 0 amide bonds. The van der Waals surface area contributed by atoms with Gasteiger partial charge in [-0.2, -0.15) is 4.72 Å². The number of esters is 1. The van der Waals surface area contributed by atoms with Gasteiger partial charge in [-0.1, -0.05) is 36.4 Å². The molecule has 3 rings (SSSR count). The second kappa shape index (κ2) is 8.11. The number of nitrogens with one attached hydrogen (secondary N) is 1. The number of rotatable bonds is 7. The van der Waals surface area contributed by atoms with Gasteiger partial charge >= 0.3 is 5.97 Å². The van der Waals surface area contributed by atoms with E-state index < -0.39 is 28.4 Å². The van der Waals surface area contributed by atoms with E-state index in [-0.39, 0.29) is 17.4 Å². The van der Waals surface area contributed by atoms with Crippen LogP contribution in [0.1, 0.15) is 5.89 Å². The van der Waals surface area contributed by atoms with Gasteiger partial charge in [0, 0.05) is 5.56 Å². The third-order valence-corrected chi connectivity index (χ3v) is 4.88. The Morgan fingerprint density at radius 2 is 1.93 bits per heavy atom. The molecular formula is C18H15FN2O5S. The van der Waals surface area contributed by atoms with Crippen molar-refractivity contribution in [2.45, 2.75) is 11.5 Å². The van der Waals surface area contributed by atoms with Gasteiger partial charge in [-0.05, 0) is 18.2 Å². The lowest BCUT2D eigenvalue weighted by atomic mass is 10.2. The Morgan fingerprint density at radius 1 is 1.15 bits per heavy atom. The fourth-order valence-electron chi connectivity index (χ4n) is 2.18. The Labute approximate surface area is 154 Å². The summed E-state index contributed by atoms with van der Waals surface area (Å²) in [6.07, 6.45) is 1.51. The second-order valence-corrected chi connectivity index (χ2v) is 7.19. The summed E-state index contributed by atoms with van der Waals surface area (Å²) < 4.78 is 49.6. The van der Waals surface area contributed by atoms with Crippen molar-refractivity contribution in [3.8, 4) is 11.3 Å². The zero-order valence-electron chi connectivity index (χ0n) is 14.0. The highest BCUT2D eigenvalue weighted by Gasteiger charge is 2.17. The van der Waals surface area contributed by atoms with Crippen LogP contribution in [0.2, 0.25) is 0 Å². The predicted octanol–water partition coefficient (Wildman–Crippen LogP) is 2.50. The normalized spacial score (nSPS) is 11.3. The number of nitrogens with zero attached hydrogens (tertiary/aromatic N) is 1. The molecule has 9 heteroatoms. The standard InChI is InChI=1S/C18H15FN2O5S/c19-14-7-4-8-15(9-14)27(23,24)21-11-18(22)25-12-17-20-10-16(26-17)13-5-2-1-3-6-13/h1-10,21H,11-12H2. The van der Waals surface area contributed by atoms with Gasteiger partial charge in [-0.3, -0.25) is 4.79 Å². The van der Waals surface area contributed by atoms with Crippen molar-refractivity contribution in [3.63, 3.8) is 0 Å². The molecule has 0 aliphatic rings. The molecule has 1 N–H and O–H groups in total. The van der Waals surface area contributed by atoms with Crippen molar-refractivity contribution < 1.29 is 26.8 Å². The van der Waals surface area contributed by atoms with E-state index in [1.165, 1.54) is 18.3 Å². The molecule has 1 heterocycles. The lowest BCUT2D eigenvalue weighted by molar-refractivity contribution is -0.144. The fraction of sp³-hybridized carbons (Fsp3) is 0.111.